The van der Waals surface area contributed by atoms with Gasteiger partial charge >= 0.3 is 5.97 Å². The van der Waals surface area contributed by atoms with Crippen LogP contribution in [0, 0.1) is 0 Å². The van der Waals surface area contributed by atoms with E-state index >= 15 is 0 Å². The van der Waals surface area contributed by atoms with Gasteiger partial charge < -0.3 is 4.74 Å². The lowest BCUT2D eigenvalue weighted by molar-refractivity contribution is -0.134. The van der Waals surface area contributed by atoms with E-state index in [0.29, 0.717) is 5.90 Å². The van der Waals surface area contributed by atoms with Crippen molar-refractivity contribution < 1.29 is 9.53 Å². The Balaban J connectivity index is 1.81. The van der Waals surface area contributed by atoms with E-state index in [1.807, 2.05) is 36.4 Å². The van der Waals surface area contributed by atoms with Crippen LogP contribution in [0.2, 0.25) is 19.1 Å². The number of carbonyl (C=O) groups excluding carboxylic acids is 1. The summed E-state index contributed by atoms with van der Waals surface area (Å²) in [4.78, 5) is 16.7. The van der Waals surface area contributed by atoms with E-state index in [9.17, 15) is 4.79 Å². The molecule has 0 N–H and O–H groups in total. The molecule has 3 rings (SSSR count). The van der Waals surface area contributed by atoms with Gasteiger partial charge in [-0.2, -0.15) is 0 Å². The van der Waals surface area contributed by atoms with Gasteiger partial charge in [-0.15, -0.1) is 0 Å². The highest BCUT2D eigenvalue weighted by Crippen LogP contribution is 2.22. The number of cyclic esters (lactones) is 1. The van der Waals surface area contributed by atoms with Crippen molar-refractivity contribution in [3.8, 4) is 0 Å². The Morgan fingerprint density at radius 1 is 1.00 bits per heavy atom. The second-order valence-electron chi connectivity index (χ2n) is 6.19. The minimum absolute atomic E-state index is 0.227. The van der Waals surface area contributed by atoms with E-state index in [1.165, 1.54) is 5.19 Å². The molecular formula is C18H19NO2Si. The summed E-state index contributed by atoms with van der Waals surface area (Å²) in [5, 5.41) is 1.34. The number of aliphatic imine (C=N–C) groups is 1. The van der Waals surface area contributed by atoms with Gasteiger partial charge in [0.2, 0.25) is 5.90 Å². The third kappa shape index (κ3) is 3.02. The molecule has 0 saturated carbocycles. The third-order valence-electron chi connectivity index (χ3n) is 4.02. The molecule has 0 aliphatic carbocycles. The molecule has 3 nitrogen and oxygen atoms in total. The second-order valence-corrected chi connectivity index (χ2v) is 10.9. The minimum atomic E-state index is -1.72. The molecule has 1 atom stereocenters. The average molecular weight is 309 g/mol. The first-order valence-electron chi connectivity index (χ1n) is 7.47. The maximum Gasteiger partial charge on any atom is 0.337 e. The summed E-state index contributed by atoms with van der Waals surface area (Å²) in [6.45, 7) is 4.54. The minimum Gasteiger partial charge on any atom is -0.406 e. The Kier molecular flexibility index (Phi) is 3.94. The van der Waals surface area contributed by atoms with Crippen LogP contribution in [-0.4, -0.2) is 26.0 Å². The summed E-state index contributed by atoms with van der Waals surface area (Å²) in [6, 6.07) is 20.4. The number of hydrogen-bond acceptors (Lipinski definition) is 3. The molecule has 1 aliphatic rings. The van der Waals surface area contributed by atoms with Gasteiger partial charge in [0.25, 0.3) is 0 Å². The van der Waals surface area contributed by atoms with E-state index < -0.39 is 8.07 Å². The monoisotopic (exact) mass is 309 g/mol. The molecule has 1 heterocycles. The summed E-state index contributed by atoms with van der Waals surface area (Å²) in [6.07, 6.45) is 0. The Morgan fingerprint density at radius 2 is 1.59 bits per heavy atom. The van der Waals surface area contributed by atoms with Crippen molar-refractivity contribution in [1.29, 1.82) is 0 Å². The molecular weight excluding hydrogens is 290 g/mol. The van der Waals surface area contributed by atoms with Crippen LogP contribution in [0.3, 0.4) is 0 Å². The van der Waals surface area contributed by atoms with Crippen molar-refractivity contribution in [2.24, 2.45) is 4.99 Å². The standard InChI is InChI=1S/C18H19NO2Si/c1-22(2,15-11-7-4-8-12-15)13-16-18(20)21-17(19-16)14-9-5-3-6-10-14/h3-12,16H,13H2,1-2H3. The fourth-order valence-corrected chi connectivity index (χ4v) is 5.27. The van der Waals surface area contributed by atoms with Crippen LogP contribution in [-0.2, 0) is 9.53 Å². The largest absolute Gasteiger partial charge is 0.406 e. The number of rotatable bonds is 4. The van der Waals surface area contributed by atoms with Crippen LogP contribution in [0.15, 0.2) is 65.7 Å². The third-order valence-corrected chi connectivity index (χ3v) is 7.33. The highest BCUT2D eigenvalue weighted by atomic mass is 28.3. The number of benzene rings is 2. The molecule has 112 valence electrons. The van der Waals surface area contributed by atoms with Gasteiger partial charge in [0.15, 0.2) is 0 Å². The van der Waals surface area contributed by atoms with Crippen molar-refractivity contribution in [3.05, 3.63) is 66.2 Å². The van der Waals surface area contributed by atoms with Gasteiger partial charge in [-0.3, -0.25) is 0 Å². The Bertz CT molecular complexity index is 696. The zero-order valence-corrected chi connectivity index (χ0v) is 13.8. The summed E-state index contributed by atoms with van der Waals surface area (Å²) in [5.41, 5.74) is 0.859. The van der Waals surface area contributed by atoms with Crippen LogP contribution in [0.1, 0.15) is 5.56 Å². The molecule has 4 heteroatoms. The average Bonchev–Trinajstić information content (AvgIpc) is 2.89. The first-order valence-corrected chi connectivity index (χ1v) is 10.7. The highest BCUT2D eigenvalue weighted by Gasteiger charge is 2.36. The van der Waals surface area contributed by atoms with Crippen molar-refractivity contribution in [2.45, 2.75) is 25.2 Å². The Morgan fingerprint density at radius 3 is 2.23 bits per heavy atom. The van der Waals surface area contributed by atoms with E-state index in [1.54, 1.807) is 0 Å². The lowest BCUT2D eigenvalue weighted by Crippen LogP contribution is -2.44. The molecule has 1 unspecified atom stereocenters. The van der Waals surface area contributed by atoms with Crippen LogP contribution in [0.5, 0.6) is 0 Å². The maximum atomic E-state index is 12.2. The highest BCUT2D eigenvalue weighted by molar-refractivity contribution is 6.90. The molecule has 0 bridgehead atoms. The fourth-order valence-electron chi connectivity index (χ4n) is 2.72. The molecule has 22 heavy (non-hydrogen) atoms. The molecule has 0 fully saturated rings. The quantitative estimate of drug-likeness (QED) is 0.643. The first-order chi connectivity index (χ1) is 10.6. The predicted molar refractivity (Wildman–Crippen MR) is 91.2 cm³/mol. The predicted octanol–water partition coefficient (Wildman–Crippen LogP) is 2.97. The maximum absolute atomic E-state index is 12.2. The van der Waals surface area contributed by atoms with Crippen molar-refractivity contribution in [2.75, 3.05) is 0 Å². The van der Waals surface area contributed by atoms with Crippen molar-refractivity contribution in [3.63, 3.8) is 0 Å². The van der Waals surface area contributed by atoms with E-state index in [0.717, 1.165) is 11.6 Å². The van der Waals surface area contributed by atoms with Gasteiger partial charge in [-0.25, -0.2) is 9.79 Å². The van der Waals surface area contributed by atoms with E-state index in [2.05, 4.69) is 42.4 Å². The first kappa shape index (κ1) is 14.7. The SMILES string of the molecule is C[Si](C)(CC1N=C(c2ccccc2)OC1=O)c1ccccc1. The van der Waals surface area contributed by atoms with Crippen molar-refractivity contribution >= 4 is 25.1 Å². The molecule has 2 aromatic carbocycles. The van der Waals surface area contributed by atoms with Crippen LogP contribution in [0.25, 0.3) is 0 Å². The molecule has 2 aromatic rings. The number of ether oxygens (including phenoxy) is 1. The topological polar surface area (TPSA) is 38.7 Å². The zero-order chi connectivity index (χ0) is 15.6. The van der Waals surface area contributed by atoms with E-state index in [4.69, 9.17) is 4.74 Å². The number of nitrogens with zero attached hydrogens (tertiary/aromatic N) is 1. The lowest BCUT2D eigenvalue weighted by atomic mass is 10.2. The number of esters is 1. The fraction of sp³-hybridized carbons (Fsp3) is 0.222. The van der Waals surface area contributed by atoms with Gasteiger partial charge in [0.05, 0.1) is 8.07 Å². The van der Waals surface area contributed by atoms with Crippen LogP contribution in [0.4, 0.5) is 0 Å². The van der Waals surface area contributed by atoms with Crippen molar-refractivity contribution in [1.82, 2.24) is 0 Å². The number of hydrogen-bond donors (Lipinski definition) is 0. The normalized spacial score (nSPS) is 18.0. The zero-order valence-electron chi connectivity index (χ0n) is 12.8. The van der Waals surface area contributed by atoms with E-state index in [-0.39, 0.29) is 12.0 Å². The van der Waals surface area contributed by atoms with Gasteiger partial charge in [0, 0.05) is 5.56 Å². The molecule has 0 saturated heterocycles. The summed E-state index contributed by atoms with van der Waals surface area (Å²) in [5.74, 6) is 0.226. The molecule has 0 aromatic heterocycles. The van der Waals surface area contributed by atoms with Gasteiger partial charge in [-0.05, 0) is 18.2 Å². The Hall–Kier alpha value is -2.20. The van der Waals surface area contributed by atoms with Crippen LogP contribution < -0.4 is 5.19 Å². The van der Waals surface area contributed by atoms with Gasteiger partial charge in [-0.1, -0.05) is 66.8 Å². The number of carbonyl (C=O) groups is 1. The van der Waals surface area contributed by atoms with Gasteiger partial charge in [0.1, 0.15) is 6.04 Å². The summed E-state index contributed by atoms with van der Waals surface area (Å²) < 4.78 is 5.38. The molecule has 0 radical (unpaired) electrons. The lowest BCUT2D eigenvalue weighted by Gasteiger charge is -2.23. The smallest absolute Gasteiger partial charge is 0.337 e. The Labute approximate surface area is 131 Å². The van der Waals surface area contributed by atoms with Crippen LogP contribution >= 0.6 is 0 Å². The summed E-state index contributed by atoms with van der Waals surface area (Å²) in [7, 11) is -1.72. The molecule has 0 spiro atoms. The summed E-state index contributed by atoms with van der Waals surface area (Å²) >= 11 is 0. The molecule has 0 amide bonds. The molecule has 1 aliphatic heterocycles. The second kappa shape index (κ2) is 5.89.